The molecule has 0 aromatic heterocycles. The molecule has 21 heavy (non-hydrogen) atoms. The lowest BCUT2D eigenvalue weighted by Gasteiger charge is -2.31. The summed E-state index contributed by atoms with van der Waals surface area (Å²) in [6.45, 7) is 6.62. The maximum atomic E-state index is 11.9. The zero-order chi connectivity index (χ0) is 15.2. The van der Waals surface area contributed by atoms with Crippen molar-refractivity contribution < 1.29 is 9.53 Å². The van der Waals surface area contributed by atoms with E-state index in [1.54, 1.807) is 0 Å². The Morgan fingerprint density at radius 1 is 1.38 bits per heavy atom. The van der Waals surface area contributed by atoms with Crippen molar-refractivity contribution >= 4 is 40.9 Å². The van der Waals surface area contributed by atoms with Crippen LogP contribution in [0.5, 0.6) is 5.75 Å². The highest BCUT2D eigenvalue weighted by atomic mass is 127. The molecule has 0 aliphatic carbocycles. The predicted molar refractivity (Wildman–Crippen MR) is 97.0 cm³/mol. The van der Waals surface area contributed by atoms with Crippen LogP contribution in [0.3, 0.4) is 0 Å². The monoisotopic (exact) mass is 426 g/mol. The minimum atomic E-state index is -0.374. The van der Waals surface area contributed by atoms with Crippen molar-refractivity contribution in [2.45, 2.75) is 32.7 Å². The molecule has 0 aliphatic rings. The van der Waals surface area contributed by atoms with Crippen molar-refractivity contribution in [3.63, 3.8) is 0 Å². The number of hydrogen-bond acceptors (Lipinski definition) is 3. The van der Waals surface area contributed by atoms with Gasteiger partial charge in [0.1, 0.15) is 5.75 Å². The van der Waals surface area contributed by atoms with Crippen LogP contribution >= 0.6 is 35.0 Å². The number of hydrogen-bond donors (Lipinski definition) is 2. The van der Waals surface area contributed by atoms with E-state index < -0.39 is 0 Å². The maximum absolute atomic E-state index is 11.9. The van der Waals surface area contributed by atoms with Crippen molar-refractivity contribution in [1.82, 2.24) is 5.32 Å². The Bertz CT molecular complexity index is 440. The summed E-state index contributed by atoms with van der Waals surface area (Å²) in [4.78, 5) is 11.9. The molecular weight excluding hydrogens is 403 g/mol. The topological polar surface area (TPSA) is 64.3 Å². The smallest absolute Gasteiger partial charge is 0.258 e. The largest absolute Gasteiger partial charge is 0.484 e. The van der Waals surface area contributed by atoms with Crippen LogP contribution in [0.2, 0.25) is 0 Å². The van der Waals surface area contributed by atoms with Crippen molar-refractivity contribution in [2.24, 2.45) is 11.7 Å². The van der Waals surface area contributed by atoms with E-state index in [4.69, 9.17) is 10.5 Å². The van der Waals surface area contributed by atoms with Gasteiger partial charge in [-0.25, -0.2) is 0 Å². The first-order valence-corrected chi connectivity index (χ1v) is 7.82. The number of halogens is 2. The highest BCUT2D eigenvalue weighted by Gasteiger charge is 2.25. The van der Waals surface area contributed by atoms with Gasteiger partial charge in [-0.1, -0.05) is 13.8 Å². The first-order chi connectivity index (χ1) is 9.34. The SMILES string of the molecule is CC(C)CC(C)(CN)NC(=O)COc1ccc(I)cc1.Cl. The Balaban J connectivity index is 0.00000400. The van der Waals surface area contributed by atoms with Gasteiger partial charge in [0.2, 0.25) is 0 Å². The number of amides is 1. The van der Waals surface area contributed by atoms with Crippen LogP contribution in [0, 0.1) is 9.49 Å². The van der Waals surface area contributed by atoms with Gasteiger partial charge < -0.3 is 15.8 Å². The Morgan fingerprint density at radius 2 is 1.95 bits per heavy atom. The Morgan fingerprint density at radius 3 is 2.43 bits per heavy atom. The molecule has 0 fully saturated rings. The fourth-order valence-electron chi connectivity index (χ4n) is 2.14. The fourth-order valence-corrected chi connectivity index (χ4v) is 2.50. The number of rotatable bonds is 7. The van der Waals surface area contributed by atoms with E-state index in [-0.39, 0.29) is 30.5 Å². The summed E-state index contributed by atoms with van der Waals surface area (Å²) in [6, 6.07) is 7.59. The lowest BCUT2D eigenvalue weighted by Crippen LogP contribution is -2.53. The molecule has 1 atom stereocenters. The van der Waals surface area contributed by atoms with Crippen LogP contribution in [-0.2, 0) is 4.79 Å². The number of carbonyl (C=O) groups excluding carboxylic acids is 1. The summed E-state index contributed by atoms with van der Waals surface area (Å²) in [5.41, 5.74) is 5.40. The highest BCUT2D eigenvalue weighted by Crippen LogP contribution is 2.16. The summed E-state index contributed by atoms with van der Waals surface area (Å²) in [6.07, 6.45) is 0.846. The molecular formula is C15H24ClIN2O2. The average Bonchev–Trinajstić information content (AvgIpc) is 2.37. The Kier molecular flexibility index (Phi) is 9.24. The van der Waals surface area contributed by atoms with E-state index >= 15 is 0 Å². The van der Waals surface area contributed by atoms with Crippen LogP contribution in [0.1, 0.15) is 27.2 Å². The van der Waals surface area contributed by atoms with Gasteiger partial charge in [-0.15, -0.1) is 12.4 Å². The van der Waals surface area contributed by atoms with Crippen LogP contribution in [0.15, 0.2) is 24.3 Å². The first kappa shape index (κ1) is 20.5. The summed E-state index contributed by atoms with van der Waals surface area (Å²) < 4.78 is 6.59. The van der Waals surface area contributed by atoms with Gasteiger partial charge in [-0.3, -0.25) is 4.79 Å². The summed E-state index contributed by atoms with van der Waals surface area (Å²) in [7, 11) is 0. The average molecular weight is 427 g/mol. The molecule has 1 aromatic carbocycles. The number of nitrogens with two attached hydrogens (primary N) is 1. The molecule has 6 heteroatoms. The fraction of sp³-hybridized carbons (Fsp3) is 0.533. The molecule has 0 spiro atoms. The zero-order valence-electron chi connectivity index (χ0n) is 12.7. The van der Waals surface area contributed by atoms with Crippen molar-refractivity contribution in [2.75, 3.05) is 13.2 Å². The molecule has 0 heterocycles. The molecule has 3 N–H and O–H groups in total. The molecule has 0 radical (unpaired) electrons. The van der Waals surface area contributed by atoms with E-state index in [1.807, 2.05) is 31.2 Å². The lowest BCUT2D eigenvalue weighted by molar-refractivity contribution is -0.125. The molecule has 0 saturated carbocycles. The summed E-state index contributed by atoms with van der Waals surface area (Å²) >= 11 is 2.22. The lowest BCUT2D eigenvalue weighted by atomic mass is 9.91. The number of benzene rings is 1. The van der Waals surface area contributed by atoms with Gasteiger partial charge in [0.25, 0.3) is 5.91 Å². The van der Waals surface area contributed by atoms with Gasteiger partial charge in [0.15, 0.2) is 6.61 Å². The van der Waals surface area contributed by atoms with Crippen LogP contribution in [0.4, 0.5) is 0 Å². The molecule has 1 aromatic rings. The van der Waals surface area contributed by atoms with Gasteiger partial charge in [-0.05, 0) is 66.1 Å². The second kappa shape index (κ2) is 9.48. The minimum absolute atomic E-state index is 0. The summed E-state index contributed by atoms with van der Waals surface area (Å²) in [5.74, 6) is 1.02. The third-order valence-corrected chi connectivity index (χ3v) is 3.65. The van der Waals surface area contributed by atoms with E-state index in [9.17, 15) is 4.79 Å². The second-order valence-corrected chi connectivity index (χ2v) is 6.90. The predicted octanol–water partition coefficient (Wildman–Crippen LogP) is 2.97. The van der Waals surface area contributed by atoms with Gasteiger partial charge in [0.05, 0.1) is 0 Å². The molecule has 4 nitrogen and oxygen atoms in total. The molecule has 1 rings (SSSR count). The number of carbonyl (C=O) groups is 1. The van der Waals surface area contributed by atoms with E-state index in [1.165, 1.54) is 0 Å². The molecule has 0 saturated heterocycles. The van der Waals surface area contributed by atoms with Crippen LogP contribution in [-0.4, -0.2) is 24.6 Å². The molecule has 0 aliphatic heterocycles. The van der Waals surface area contributed by atoms with Crippen molar-refractivity contribution in [3.8, 4) is 5.75 Å². The van der Waals surface area contributed by atoms with Crippen molar-refractivity contribution in [3.05, 3.63) is 27.8 Å². The standard InChI is InChI=1S/C15H23IN2O2.ClH/c1-11(2)8-15(3,10-17)18-14(19)9-20-13-6-4-12(16)5-7-13;/h4-7,11H,8-10,17H2,1-3H3,(H,18,19);1H. The van der Waals surface area contributed by atoms with Crippen LogP contribution in [0.25, 0.3) is 0 Å². The Hall–Kier alpha value is -0.530. The molecule has 0 bridgehead atoms. The molecule has 1 unspecified atom stereocenters. The van der Waals surface area contributed by atoms with Crippen LogP contribution < -0.4 is 15.8 Å². The Labute approximate surface area is 146 Å². The second-order valence-electron chi connectivity index (χ2n) is 5.65. The quantitative estimate of drug-likeness (QED) is 0.659. The maximum Gasteiger partial charge on any atom is 0.258 e. The summed E-state index contributed by atoms with van der Waals surface area (Å²) in [5, 5.41) is 2.97. The van der Waals surface area contributed by atoms with E-state index in [0.29, 0.717) is 18.2 Å². The van der Waals surface area contributed by atoms with E-state index in [2.05, 4.69) is 41.8 Å². The highest BCUT2D eigenvalue weighted by molar-refractivity contribution is 14.1. The molecule has 1 amide bonds. The van der Waals surface area contributed by atoms with Gasteiger partial charge in [0, 0.05) is 15.7 Å². The minimum Gasteiger partial charge on any atom is -0.484 e. The number of nitrogens with one attached hydrogen (secondary N) is 1. The van der Waals surface area contributed by atoms with Crippen molar-refractivity contribution in [1.29, 1.82) is 0 Å². The number of ether oxygens (including phenoxy) is 1. The first-order valence-electron chi connectivity index (χ1n) is 6.74. The normalized spacial score (nSPS) is 13.2. The molecule has 120 valence electrons. The van der Waals surface area contributed by atoms with Gasteiger partial charge in [-0.2, -0.15) is 0 Å². The zero-order valence-corrected chi connectivity index (χ0v) is 15.7. The third kappa shape index (κ3) is 7.87. The van der Waals surface area contributed by atoms with E-state index in [0.717, 1.165) is 9.99 Å². The van der Waals surface area contributed by atoms with Gasteiger partial charge >= 0.3 is 0 Å². The third-order valence-electron chi connectivity index (χ3n) is 2.93.